The van der Waals surface area contributed by atoms with Gasteiger partial charge in [0.05, 0.1) is 22.4 Å². The first-order valence-corrected chi connectivity index (χ1v) is 8.84. The monoisotopic (exact) mass is 380 g/mol. The summed E-state index contributed by atoms with van der Waals surface area (Å²) in [6.07, 6.45) is 8.37. The van der Waals surface area contributed by atoms with Crippen molar-refractivity contribution in [2.24, 2.45) is 4.99 Å². The number of carboxylic acid groups (broad SMARTS) is 1. The number of carbonyl (C=O) groups excluding carboxylic acids is 1. The molecule has 0 bridgehead atoms. The van der Waals surface area contributed by atoms with E-state index in [1.807, 2.05) is 6.07 Å². The SMILES string of the molecule is C=CCN1C(=O)/C(=C\C=C\c2ccco2)SC1=Nc1cccc(C(=O)O)c1. The largest absolute Gasteiger partial charge is 0.478 e. The van der Waals surface area contributed by atoms with Crippen molar-refractivity contribution in [3.05, 3.63) is 83.7 Å². The van der Waals surface area contributed by atoms with Crippen LogP contribution >= 0.6 is 11.8 Å². The predicted molar refractivity (Wildman–Crippen MR) is 106 cm³/mol. The van der Waals surface area contributed by atoms with Gasteiger partial charge in [0.1, 0.15) is 5.76 Å². The number of carboxylic acids is 1. The Kier molecular flexibility index (Phi) is 5.73. The lowest BCUT2D eigenvalue weighted by molar-refractivity contribution is -0.121. The van der Waals surface area contributed by atoms with E-state index in [1.54, 1.807) is 48.8 Å². The summed E-state index contributed by atoms with van der Waals surface area (Å²) in [6.45, 7) is 3.98. The van der Waals surface area contributed by atoms with E-state index in [1.165, 1.54) is 28.8 Å². The number of hydrogen-bond donors (Lipinski definition) is 1. The van der Waals surface area contributed by atoms with Gasteiger partial charge in [0, 0.05) is 6.54 Å². The second-order valence-corrected chi connectivity index (χ2v) is 6.47. The lowest BCUT2D eigenvalue weighted by atomic mass is 10.2. The molecule has 6 nitrogen and oxygen atoms in total. The molecule has 1 aromatic carbocycles. The number of aliphatic imine (C=N–C) groups is 1. The van der Waals surface area contributed by atoms with E-state index in [0.29, 0.717) is 28.1 Å². The summed E-state index contributed by atoms with van der Waals surface area (Å²) in [5, 5.41) is 9.58. The molecule has 27 heavy (non-hydrogen) atoms. The summed E-state index contributed by atoms with van der Waals surface area (Å²) < 4.78 is 5.21. The van der Waals surface area contributed by atoms with Gasteiger partial charge in [-0.3, -0.25) is 9.69 Å². The van der Waals surface area contributed by atoms with Crippen LogP contribution in [0.15, 0.2) is 81.8 Å². The third-order valence-corrected chi connectivity index (χ3v) is 4.59. The number of aromatic carboxylic acids is 1. The zero-order valence-corrected chi connectivity index (χ0v) is 15.1. The van der Waals surface area contributed by atoms with Gasteiger partial charge in [-0.15, -0.1) is 6.58 Å². The molecule has 1 amide bonds. The molecule has 2 heterocycles. The fourth-order valence-corrected chi connectivity index (χ4v) is 3.29. The number of benzene rings is 1. The van der Waals surface area contributed by atoms with Crippen LogP contribution < -0.4 is 0 Å². The van der Waals surface area contributed by atoms with E-state index < -0.39 is 5.97 Å². The van der Waals surface area contributed by atoms with Crippen LogP contribution in [0.1, 0.15) is 16.1 Å². The molecule has 0 saturated carbocycles. The Hall–Kier alpha value is -3.32. The molecular weight excluding hydrogens is 364 g/mol. The molecular formula is C20H16N2O4S. The summed E-state index contributed by atoms with van der Waals surface area (Å²) in [7, 11) is 0. The number of nitrogens with zero attached hydrogens (tertiary/aromatic N) is 2. The molecule has 0 radical (unpaired) electrons. The first-order chi connectivity index (χ1) is 13.1. The Labute approximate surface area is 160 Å². The number of thioether (sulfide) groups is 1. The first kappa shape index (κ1) is 18.5. The highest BCUT2D eigenvalue weighted by molar-refractivity contribution is 8.18. The average molecular weight is 380 g/mol. The summed E-state index contributed by atoms with van der Waals surface area (Å²) in [4.78, 5) is 30.2. The van der Waals surface area contributed by atoms with Gasteiger partial charge in [0.15, 0.2) is 5.17 Å². The minimum atomic E-state index is -1.03. The summed E-state index contributed by atoms with van der Waals surface area (Å²) in [6, 6.07) is 9.85. The average Bonchev–Trinajstić information content (AvgIpc) is 3.26. The molecule has 1 saturated heterocycles. The van der Waals surface area contributed by atoms with Crippen molar-refractivity contribution in [1.82, 2.24) is 4.90 Å². The van der Waals surface area contributed by atoms with Crippen molar-refractivity contribution in [1.29, 1.82) is 0 Å². The predicted octanol–water partition coefficient (Wildman–Crippen LogP) is 4.32. The summed E-state index contributed by atoms with van der Waals surface area (Å²) in [5.41, 5.74) is 0.602. The van der Waals surface area contributed by atoms with E-state index in [-0.39, 0.29) is 11.5 Å². The molecule has 7 heteroatoms. The van der Waals surface area contributed by atoms with Gasteiger partial charge < -0.3 is 9.52 Å². The quantitative estimate of drug-likeness (QED) is 0.596. The molecule has 1 aliphatic heterocycles. The summed E-state index contributed by atoms with van der Waals surface area (Å²) in [5.74, 6) is -0.527. The Bertz CT molecular complexity index is 958. The molecule has 0 spiro atoms. The molecule has 1 N–H and O–H groups in total. The molecule has 0 atom stereocenters. The van der Waals surface area contributed by atoms with Crippen LogP contribution in [0.3, 0.4) is 0 Å². The molecule has 2 aromatic rings. The third kappa shape index (κ3) is 4.45. The lowest BCUT2D eigenvalue weighted by Crippen LogP contribution is -2.29. The topological polar surface area (TPSA) is 83.1 Å². The van der Waals surface area contributed by atoms with Crippen LogP contribution in [0, 0.1) is 0 Å². The first-order valence-electron chi connectivity index (χ1n) is 8.03. The second kappa shape index (κ2) is 8.37. The number of amidine groups is 1. The van der Waals surface area contributed by atoms with Crippen molar-refractivity contribution in [3.8, 4) is 0 Å². The lowest BCUT2D eigenvalue weighted by Gasteiger charge is -2.12. The van der Waals surface area contributed by atoms with Gasteiger partial charge in [0.2, 0.25) is 0 Å². The van der Waals surface area contributed by atoms with E-state index in [9.17, 15) is 9.59 Å². The number of allylic oxidation sites excluding steroid dienone is 2. The Morgan fingerprint density at radius 3 is 2.89 bits per heavy atom. The summed E-state index contributed by atoms with van der Waals surface area (Å²) >= 11 is 1.22. The standard InChI is InChI=1S/C20H16N2O4S/c1-2-11-22-18(23)17(10-4-8-16-9-5-12-26-16)27-20(22)21-15-7-3-6-14(13-15)19(24)25/h2-10,12-13H,1,11H2,(H,24,25)/b8-4+,17-10+,21-20?. The van der Waals surface area contributed by atoms with Crippen molar-refractivity contribution in [3.63, 3.8) is 0 Å². The van der Waals surface area contributed by atoms with Gasteiger partial charge >= 0.3 is 5.97 Å². The van der Waals surface area contributed by atoms with Gasteiger partial charge in [0.25, 0.3) is 5.91 Å². The molecule has 0 unspecified atom stereocenters. The number of furan rings is 1. The highest BCUT2D eigenvalue weighted by Crippen LogP contribution is 2.33. The maximum atomic E-state index is 12.6. The minimum Gasteiger partial charge on any atom is -0.478 e. The van der Waals surface area contributed by atoms with Gasteiger partial charge in [-0.2, -0.15) is 0 Å². The van der Waals surface area contributed by atoms with Crippen molar-refractivity contribution >= 4 is 40.6 Å². The van der Waals surface area contributed by atoms with Crippen LogP contribution in [-0.4, -0.2) is 33.6 Å². The van der Waals surface area contributed by atoms with Crippen LogP contribution in [0.25, 0.3) is 6.08 Å². The second-order valence-electron chi connectivity index (χ2n) is 5.46. The molecule has 1 aliphatic rings. The van der Waals surface area contributed by atoms with E-state index in [4.69, 9.17) is 9.52 Å². The minimum absolute atomic E-state index is 0.138. The molecule has 1 fully saturated rings. The van der Waals surface area contributed by atoms with Gasteiger partial charge in [-0.05, 0) is 54.2 Å². The Morgan fingerprint density at radius 1 is 1.33 bits per heavy atom. The molecule has 1 aromatic heterocycles. The van der Waals surface area contributed by atoms with Crippen molar-refractivity contribution < 1.29 is 19.1 Å². The number of hydrogen-bond acceptors (Lipinski definition) is 5. The third-order valence-electron chi connectivity index (χ3n) is 3.57. The van der Waals surface area contributed by atoms with E-state index >= 15 is 0 Å². The van der Waals surface area contributed by atoms with E-state index in [2.05, 4.69) is 11.6 Å². The highest BCUT2D eigenvalue weighted by atomic mass is 32.2. The fraction of sp³-hybridized carbons (Fsp3) is 0.0500. The van der Waals surface area contributed by atoms with Crippen molar-refractivity contribution in [2.75, 3.05) is 6.54 Å². The zero-order chi connectivity index (χ0) is 19.2. The van der Waals surface area contributed by atoms with E-state index in [0.717, 1.165) is 0 Å². The highest BCUT2D eigenvalue weighted by Gasteiger charge is 2.32. The smallest absolute Gasteiger partial charge is 0.335 e. The zero-order valence-electron chi connectivity index (χ0n) is 14.2. The molecule has 3 rings (SSSR count). The van der Waals surface area contributed by atoms with Crippen LogP contribution in [0.5, 0.6) is 0 Å². The van der Waals surface area contributed by atoms with Crippen LogP contribution in [-0.2, 0) is 4.79 Å². The van der Waals surface area contributed by atoms with Gasteiger partial charge in [-0.1, -0.05) is 18.2 Å². The van der Waals surface area contributed by atoms with Crippen LogP contribution in [0.2, 0.25) is 0 Å². The van der Waals surface area contributed by atoms with Crippen molar-refractivity contribution in [2.45, 2.75) is 0 Å². The normalized spacial score (nSPS) is 17.3. The number of rotatable bonds is 6. The maximum absolute atomic E-state index is 12.6. The Balaban J connectivity index is 1.87. The molecule has 136 valence electrons. The maximum Gasteiger partial charge on any atom is 0.335 e. The Morgan fingerprint density at radius 2 is 2.19 bits per heavy atom. The van der Waals surface area contributed by atoms with Gasteiger partial charge in [-0.25, -0.2) is 9.79 Å². The van der Waals surface area contributed by atoms with Crippen LogP contribution in [0.4, 0.5) is 5.69 Å². The fourth-order valence-electron chi connectivity index (χ4n) is 2.33. The number of carbonyl (C=O) groups is 2. The number of amides is 1. The molecule has 0 aliphatic carbocycles.